The van der Waals surface area contributed by atoms with Gasteiger partial charge in [-0.1, -0.05) is 12.1 Å². The van der Waals surface area contributed by atoms with Crippen molar-refractivity contribution in [2.45, 2.75) is 25.3 Å². The summed E-state index contributed by atoms with van der Waals surface area (Å²) in [5.74, 6) is 1.51. The number of imidazole rings is 1. The van der Waals surface area contributed by atoms with Crippen LogP contribution in [0.5, 0.6) is 0 Å². The fraction of sp³-hybridized carbons (Fsp3) is 0.375. The van der Waals surface area contributed by atoms with Crippen molar-refractivity contribution in [3.63, 3.8) is 0 Å². The van der Waals surface area contributed by atoms with Gasteiger partial charge in [-0.25, -0.2) is 4.98 Å². The molecule has 0 atom stereocenters. The molecule has 1 aliphatic carbocycles. The van der Waals surface area contributed by atoms with Crippen molar-refractivity contribution in [1.82, 2.24) is 9.97 Å². The topological polar surface area (TPSA) is 93.1 Å². The molecule has 21 heavy (non-hydrogen) atoms. The van der Waals surface area contributed by atoms with Crippen LogP contribution in [0, 0.1) is 5.92 Å². The van der Waals surface area contributed by atoms with Gasteiger partial charge in [-0.05, 0) is 43.9 Å². The van der Waals surface area contributed by atoms with E-state index in [9.17, 15) is 0 Å². The maximum atomic E-state index is 5.72. The third-order valence-corrected chi connectivity index (χ3v) is 4.05. The lowest BCUT2D eigenvalue weighted by atomic mass is 9.78. The number of nitrogens with two attached hydrogens (primary N) is 2. The van der Waals surface area contributed by atoms with Gasteiger partial charge in [0.05, 0.1) is 22.6 Å². The number of nitrogens with zero attached hydrogens (tertiary/aromatic N) is 2. The van der Waals surface area contributed by atoms with Gasteiger partial charge in [0.15, 0.2) is 0 Å². The summed E-state index contributed by atoms with van der Waals surface area (Å²) in [7, 11) is 0. The van der Waals surface area contributed by atoms with E-state index in [0.717, 1.165) is 54.2 Å². The Morgan fingerprint density at radius 2 is 2.19 bits per heavy atom. The summed E-state index contributed by atoms with van der Waals surface area (Å²) < 4.78 is 0. The van der Waals surface area contributed by atoms with Crippen LogP contribution in [-0.2, 0) is 0 Å². The second-order valence-corrected chi connectivity index (χ2v) is 5.57. The number of para-hydroxylation sites is 2. The second kappa shape index (κ2) is 6.10. The van der Waals surface area contributed by atoms with Crippen LogP contribution in [0.25, 0.3) is 16.6 Å². The molecule has 5 nitrogen and oxygen atoms in total. The number of hydrogen-bond acceptors (Lipinski definition) is 4. The number of benzene rings is 1. The highest BCUT2D eigenvalue weighted by molar-refractivity contribution is 6.09. The summed E-state index contributed by atoms with van der Waals surface area (Å²) in [6.45, 7) is 0.772. The van der Waals surface area contributed by atoms with Gasteiger partial charge in [0.2, 0.25) is 0 Å². The average Bonchev–Trinajstić information content (AvgIpc) is 2.88. The Labute approximate surface area is 124 Å². The van der Waals surface area contributed by atoms with Crippen molar-refractivity contribution >= 4 is 22.8 Å². The molecule has 1 aromatic carbocycles. The van der Waals surface area contributed by atoms with E-state index in [0.29, 0.717) is 6.04 Å². The Bertz CT molecular complexity index is 631. The van der Waals surface area contributed by atoms with Crippen LogP contribution >= 0.6 is 0 Å². The molecule has 0 bridgehead atoms. The van der Waals surface area contributed by atoms with Crippen LogP contribution < -0.4 is 11.5 Å². The molecule has 3 rings (SSSR count). The lowest BCUT2D eigenvalue weighted by Gasteiger charge is -2.32. The van der Waals surface area contributed by atoms with Crippen molar-refractivity contribution < 1.29 is 0 Å². The number of fused-ring (bicyclic) bond motifs is 1. The third-order valence-electron chi connectivity index (χ3n) is 4.05. The molecule has 0 radical (unpaired) electrons. The molecule has 0 aliphatic heterocycles. The lowest BCUT2D eigenvalue weighted by Crippen LogP contribution is -2.29. The molecular weight excluding hydrogens is 262 g/mol. The van der Waals surface area contributed by atoms with E-state index in [1.54, 1.807) is 6.20 Å². The number of aliphatic imine (C=N–C) groups is 1. The summed E-state index contributed by atoms with van der Waals surface area (Å²) >= 11 is 0. The van der Waals surface area contributed by atoms with E-state index in [1.165, 1.54) is 0 Å². The Morgan fingerprint density at radius 3 is 2.90 bits per heavy atom. The quantitative estimate of drug-likeness (QED) is 0.733. The number of aromatic amines is 1. The van der Waals surface area contributed by atoms with E-state index in [2.05, 4.69) is 15.0 Å². The van der Waals surface area contributed by atoms with Gasteiger partial charge in [0.25, 0.3) is 0 Å². The van der Waals surface area contributed by atoms with Crippen LogP contribution in [0.15, 0.2) is 35.5 Å². The predicted molar refractivity (Wildman–Crippen MR) is 86.9 cm³/mol. The molecule has 1 fully saturated rings. The minimum absolute atomic E-state index is 0.404. The van der Waals surface area contributed by atoms with Gasteiger partial charge in [0, 0.05) is 12.4 Å². The van der Waals surface area contributed by atoms with Gasteiger partial charge in [-0.15, -0.1) is 0 Å². The number of hydrogen-bond donors (Lipinski definition) is 3. The summed E-state index contributed by atoms with van der Waals surface area (Å²) in [5, 5.41) is 0. The predicted octanol–water partition coefficient (Wildman–Crippen LogP) is 2.06. The van der Waals surface area contributed by atoms with E-state index < -0.39 is 0 Å². The van der Waals surface area contributed by atoms with Gasteiger partial charge >= 0.3 is 0 Å². The van der Waals surface area contributed by atoms with E-state index in [4.69, 9.17) is 11.5 Å². The van der Waals surface area contributed by atoms with E-state index in [-0.39, 0.29) is 0 Å². The number of H-pyrrole nitrogens is 1. The maximum absolute atomic E-state index is 5.72. The first-order valence-electron chi connectivity index (χ1n) is 7.40. The van der Waals surface area contributed by atoms with Crippen molar-refractivity contribution in [1.29, 1.82) is 0 Å². The number of aromatic nitrogens is 2. The Hall–Kier alpha value is -2.14. The molecule has 2 aromatic rings. The number of rotatable bonds is 5. The summed E-state index contributed by atoms with van der Waals surface area (Å²) in [6.07, 6.45) is 6.75. The highest BCUT2D eigenvalue weighted by Gasteiger charge is 2.27. The van der Waals surface area contributed by atoms with Crippen molar-refractivity contribution in [3.05, 3.63) is 36.3 Å². The lowest BCUT2D eigenvalue weighted by molar-refractivity contribution is 0.256. The zero-order valence-corrected chi connectivity index (χ0v) is 12.0. The van der Waals surface area contributed by atoms with Crippen molar-refractivity contribution in [2.24, 2.45) is 22.4 Å². The normalized spacial score (nSPS) is 22.8. The first kappa shape index (κ1) is 13.8. The largest absolute Gasteiger partial charge is 0.404 e. The standard InChI is InChI=1S/C16H21N5/c17-6-5-11-7-13(8-11)19-10-12(9-18)16-20-14-3-1-2-4-15(14)21-16/h1-4,9-11,13H,5-8,17-18H2,(H,20,21). The molecule has 0 saturated heterocycles. The average molecular weight is 283 g/mol. The summed E-state index contributed by atoms with van der Waals surface area (Å²) in [5.41, 5.74) is 14.1. The van der Waals surface area contributed by atoms with Crippen LogP contribution in [-0.4, -0.2) is 28.8 Å². The van der Waals surface area contributed by atoms with E-state index >= 15 is 0 Å². The smallest absolute Gasteiger partial charge is 0.141 e. The van der Waals surface area contributed by atoms with Gasteiger partial charge in [-0.2, -0.15) is 0 Å². The SMILES string of the molecule is NC=C(C=NC1CC(CCN)C1)c1nc2ccccc2[nH]1. The molecule has 0 unspecified atom stereocenters. The monoisotopic (exact) mass is 283 g/mol. The fourth-order valence-corrected chi connectivity index (χ4v) is 2.75. The zero-order chi connectivity index (χ0) is 14.7. The Balaban J connectivity index is 1.68. The first-order chi connectivity index (χ1) is 10.3. The Morgan fingerprint density at radius 1 is 1.38 bits per heavy atom. The third kappa shape index (κ3) is 2.97. The molecule has 5 N–H and O–H groups in total. The van der Waals surface area contributed by atoms with Crippen molar-refractivity contribution in [2.75, 3.05) is 6.54 Å². The van der Waals surface area contributed by atoms with Crippen molar-refractivity contribution in [3.8, 4) is 0 Å². The molecule has 5 heteroatoms. The van der Waals surface area contributed by atoms with Gasteiger partial charge in [0.1, 0.15) is 5.82 Å². The second-order valence-electron chi connectivity index (χ2n) is 5.57. The fourth-order valence-electron chi connectivity index (χ4n) is 2.75. The minimum atomic E-state index is 0.404. The number of allylic oxidation sites excluding steroid dienone is 1. The molecule has 0 amide bonds. The maximum Gasteiger partial charge on any atom is 0.141 e. The highest BCUT2D eigenvalue weighted by Crippen LogP contribution is 2.32. The van der Waals surface area contributed by atoms with Crippen LogP contribution in [0.4, 0.5) is 0 Å². The van der Waals surface area contributed by atoms with Gasteiger partial charge < -0.3 is 16.5 Å². The zero-order valence-electron chi connectivity index (χ0n) is 12.0. The highest BCUT2D eigenvalue weighted by atomic mass is 14.9. The van der Waals surface area contributed by atoms with Crippen LogP contribution in [0.1, 0.15) is 25.1 Å². The van der Waals surface area contributed by atoms with E-state index in [1.807, 2.05) is 30.5 Å². The molecule has 1 aromatic heterocycles. The molecule has 1 aliphatic rings. The summed E-state index contributed by atoms with van der Waals surface area (Å²) in [4.78, 5) is 12.4. The summed E-state index contributed by atoms with van der Waals surface area (Å²) in [6, 6.07) is 8.33. The molecule has 0 spiro atoms. The number of nitrogens with one attached hydrogen (secondary N) is 1. The first-order valence-corrected chi connectivity index (χ1v) is 7.40. The molecule has 110 valence electrons. The Kier molecular flexibility index (Phi) is 4.01. The minimum Gasteiger partial charge on any atom is -0.404 e. The van der Waals surface area contributed by atoms with Gasteiger partial charge in [-0.3, -0.25) is 4.99 Å². The van der Waals surface area contributed by atoms with Crippen LogP contribution in [0.3, 0.4) is 0 Å². The molecule has 1 saturated carbocycles. The molecule has 1 heterocycles. The molecular formula is C16H21N5. The van der Waals surface area contributed by atoms with Crippen LogP contribution in [0.2, 0.25) is 0 Å².